The molecule has 78 valence electrons. The van der Waals surface area contributed by atoms with Crippen LogP contribution in [-0.2, 0) is 11.8 Å². The van der Waals surface area contributed by atoms with Crippen molar-refractivity contribution in [3.05, 3.63) is 47.6 Å². The predicted octanol–water partition coefficient (Wildman–Crippen LogP) is 0.917. The molecular weight excluding hydrogens is 186 g/mol. The van der Waals surface area contributed by atoms with Crippen molar-refractivity contribution < 1.29 is 4.79 Å². The highest BCUT2D eigenvalue weighted by Gasteiger charge is 1.93. The molecule has 0 aliphatic heterocycles. The molecule has 1 aromatic heterocycles. The molecule has 0 saturated carbocycles. The molecule has 0 fully saturated rings. The molecule has 0 N–H and O–H groups in total. The molecule has 0 saturated heterocycles. The Labute approximate surface area is 89.5 Å². The van der Waals surface area contributed by atoms with Gasteiger partial charge in [0.2, 0.25) is 0 Å². The van der Waals surface area contributed by atoms with Gasteiger partial charge in [-0.2, -0.15) is 0 Å². The molecule has 1 aromatic rings. The molecule has 1 heterocycles. The summed E-state index contributed by atoms with van der Waals surface area (Å²) < 4.78 is 1.93. The molecule has 0 unspecified atom stereocenters. The third-order valence-electron chi connectivity index (χ3n) is 2.23. The first-order chi connectivity index (χ1) is 7.06. The zero-order valence-corrected chi connectivity index (χ0v) is 9.16. The second-order valence-corrected chi connectivity index (χ2v) is 3.39. The highest BCUT2D eigenvalue weighted by molar-refractivity contribution is 5.89. The highest BCUT2D eigenvalue weighted by Crippen LogP contribution is 1.96. The number of hydrogen-bond acceptors (Lipinski definition) is 1. The lowest BCUT2D eigenvalue weighted by atomic mass is 10.2. The van der Waals surface area contributed by atoms with Crippen molar-refractivity contribution in [2.45, 2.75) is 6.92 Å². The van der Waals surface area contributed by atoms with E-state index in [0.29, 0.717) is 0 Å². The Morgan fingerprint density at radius 2 is 2.13 bits per heavy atom. The Bertz CT molecular complexity index is 517. The number of carbonyl (C=O) groups excluding carboxylic acids is 1. The number of ketones is 1. The quantitative estimate of drug-likeness (QED) is 0.666. The largest absolute Gasteiger partial charge is 0.351 e. The zero-order chi connectivity index (χ0) is 11.4. The molecule has 0 aliphatic rings. The van der Waals surface area contributed by atoms with Gasteiger partial charge >= 0.3 is 0 Å². The Hall–Kier alpha value is -1.83. The van der Waals surface area contributed by atoms with Crippen LogP contribution in [0, 0.1) is 0 Å². The summed E-state index contributed by atoms with van der Waals surface area (Å²) in [6.07, 6.45) is 6.95. The van der Waals surface area contributed by atoms with Gasteiger partial charge in [0, 0.05) is 23.8 Å². The molecule has 0 radical (unpaired) electrons. The lowest BCUT2D eigenvalue weighted by molar-refractivity contribution is -0.112. The summed E-state index contributed by atoms with van der Waals surface area (Å²) in [7, 11) is 1.93. The van der Waals surface area contributed by atoms with Crippen molar-refractivity contribution in [2.24, 2.45) is 7.05 Å². The summed E-state index contributed by atoms with van der Waals surface area (Å²) in [4.78, 5) is 10.8. The topological polar surface area (TPSA) is 22.0 Å². The minimum atomic E-state index is 0.0240. The molecule has 0 spiro atoms. The number of aryl methyl sites for hydroxylation is 1. The summed E-state index contributed by atoms with van der Waals surface area (Å²) >= 11 is 0. The third-order valence-corrected chi connectivity index (χ3v) is 2.23. The van der Waals surface area contributed by atoms with Crippen LogP contribution < -0.4 is 10.6 Å². The van der Waals surface area contributed by atoms with Crippen molar-refractivity contribution in [3.63, 3.8) is 0 Å². The normalized spacial score (nSPS) is 12.9. The molecule has 2 nitrogen and oxygen atoms in total. The number of aromatic nitrogens is 1. The SMILES string of the molecule is C=CC(/C=C/C(C)=O)=c1/ccn(C)c1=C. The molecule has 0 bridgehead atoms. The van der Waals surface area contributed by atoms with Gasteiger partial charge in [0.15, 0.2) is 5.78 Å². The van der Waals surface area contributed by atoms with Gasteiger partial charge in [-0.1, -0.05) is 25.3 Å². The van der Waals surface area contributed by atoms with E-state index in [2.05, 4.69) is 13.2 Å². The number of nitrogens with zero attached hydrogens (tertiary/aromatic N) is 1. The number of allylic oxidation sites excluding steroid dienone is 3. The smallest absolute Gasteiger partial charge is 0.152 e. The van der Waals surface area contributed by atoms with Crippen molar-refractivity contribution >= 4 is 17.9 Å². The second kappa shape index (κ2) is 4.60. The molecule has 15 heavy (non-hydrogen) atoms. The fourth-order valence-electron chi connectivity index (χ4n) is 1.30. The van der Waals surface area contributed by atoms with Crippen LogP contribution in [0.15, 0.2) is 37.1 Å². The summed E-state index contributed by atoms with van der Waals surface area (Å²) in [6, 6.07) is 1.96. The summed E-state index contributed by atoms with van der Waals surface area (Å²) in [5.41, 5.74) is 0.913. The molecule has 0 aromatic carbocycles. The van der Waals surface area contributed by atoms with Crippen LogP contribution in [0.5, 0.6) is 0 Å². The number of hydrogen-bond donors (Lipinski definition) is 0. The third kappa shape index (κ3) is 2.56. The van der Waals surface area contributed by atoms with Crippen LogP contribution in [0.1, 0.15) is 6.92 Å². The standard InChI is InChI=1S/C13H15NO/c1-5-12(7-6-10(2)15)13-8-9-14(4)11(13)3/h5-9H,1,3H2,2,4H3/b7-6+,13-12+. The second-order valence-electron chi connectivity index (χ2n) is 3.39. The van der Waals surface area contributed by atoms with Gasteiger partial charge in [0.25, 0.3) is 0 Å². The maximum absolute atomic E-state index is 10.8. The summed E-state index contributed by atoms with van der Waals surface area (Å²) in [5.74, 6) is 0.0240. The van der Waals surface area contributed by atoms with E-state index in [4.69, 9.17) is 0 Å². The minimum Gasteiger partial charge on any atom is -0.351 e. The summed E-state index contributed by atoms with van der Waals surface area (Å²) in [5, 5.41) is 1.92. The van der Waals surface area contributed by atoms with Crippen LogP contribution in [0.2, 0.25) is 0 Å². The lowest BCUT2D eigenvalue weighted by Gasteiger charge is -1.92. The molecule has 0 amide bonds. The van der Waals surface area contributed by atoms with E-state index in [9.17, 15) is 4.79 Å². The zero-order valence-electron chi connectivity index (χ0n) is 9.16. The maximum atomic E-state index is 10.8. The Kier molecular flexibility index (Phi) is 3.45. The van der Waals surface area contributed by atoms with Gasteiger partial charge in [-0.15, -0.1) is 0 Å². The Morgan fingerprint density at radius 1 is 1.47 bits per heavy atom. The monoisotopic (exact) mass is 201 g/mol. The van der Waals surface area contributed by atoms with Crippen LogP contribution in [0.3, 0.4) is 0 Å². The van der Waals surface area contributed by atoms with Crippen LogP contribution in [-0.4, -0.2) is 10.4 Å². The molecule has 1 rings (SSSR count). The van der Waals surface area contributed by atoms with E-state index in [1.807, 2.05) is 23.9 Å². The van der Waals surface area contributed by atoms with E-state index >= 15 is 0 Å². The van der Waals surface area contributed by atoms with E-state index in [1.165, 1.54) is 13.0 Å². The van der Waals surface area contributed by atoms with Gasteiger partial charge in [0.1, 0.15) is 0 Å². The first-order valence-electron chi connectivity index (χ1n) is 4.72. The van der Waals surface area contributed by atoms with Crippen LogP contribution in [0.4, 0.5) is 0 Å². The molecule has 0 aliphatic carbocycles. The average molecular weight is 201 g/mol. The fourth-order valence-corrected chi connectivity index (χ4v) is 1.30. The number of carbonyl (C=O) groups is 1. The molecule has 2 heteroatoms. The summed E-state index contributed by atoms with van der Waals surface area (Å²) in [6.45, 7) is 9.20. The van der Waals surface area contributed by atoms with Gasteiger partial charge < -0.3 is 4.57 Å². The Balaban J connectivity index is 3.39. The van der Waals surface area contributed by atoms with Gasteiger partial charge in [-0.3, -0.25) is 4.79 Å². The molecular formula is C13H15NO. The van der Waals surface area contributed by atoms with Crippen molar-refractivity contribution in [2.75, 3.05) is 0 Å². The van der Waals surface area contributed by atoms with E-state index in [0.717, 1.165) is 16.1 Å². The van der Waals surface area contributed by atoms with E-state index in [-0.39, 0.29) is 5.78 Å². The van der Waals surface area contributed by atoms with Gasteiger partial charge in [-0.05, 0) is 24.6 Å². The van der Waals surface area contributed by atoms with Crippen molar-refractivity contribution in [3.8, 4) is 0 Å². The van der Waals surface area contributed by atoms with Gasteiger partial charge in [-0.25, -0.2) is 0 Å². The number of rotatable bonds is 3. The lowest BCUT2D eigenvalue weighted by Crippen LogP contribution is -2.27. The van der Waals surface area contributed by atoms with E-state index in [1.54, 1.807) is 12.2 Å². The van der Waals surface area contributed by atoms with Crippen molar-refractivity contribution in [1.82, 2.24) is 4.57 Å². The Morgan fingerprint density at radius 3 is 2.53 bits per heavy atom. The molecule has 0 atom stereocenters. The van der Waals surface area contributed by atoms with E-state index < -0.39 is 0 Å². The average Bonchev–Trinajstić information content (AvgIpc) is 2.50. The first-order valence-corrected chi connectivity index (χ1v) is 4.72. The maximum Gasteiger partial charge on any atom is 0.152 e. The van der Waals surface area contributed by atoms with Crippen LogP contribution in [0.25, 0.3) is 12.2 Å². The first kappa shape index (κ1) is 11.2. The van der Waals surface area contributed by atoms with Crippen LogP contribution >= 0.6 is 0 Å². The minimum absolute atomic E-state index is 0.0240. The highest BCUT2D eigenvalue weighted by atomic mass is 16.1. The fraction of sp³-hybridized carbons (Fsp3) is 0.154. The predicted molar refractivity (Wildman–Crippen MR) is 63.6 cm³/mol. The van der Waals surface area contributed by atoms with Gasteiger partial charge in [0.05, 0.1) is 0 Å². The van der Waals surface area contributed by atoms with Crippen molar-refractivity contribution in [1.29, 1.82) is 0 Å².